The number of carbonyl (C=O) groups excluding carboxylic acids is 3. The van der Waals surface area contributed by atoms with Crippen LogP contribution in [0, 0.1) is 0 Å². The van der Waals surface area contributed by atoms with Crippen molar-refractivity contribution in [3.8, 4) is 0 Å². The van der Waals surface area contributed by atoms with E-state index < -0.39 is 18.1 Å². The second kappa shape index (κ2) is 12.1. The molecule has 0 unspecified atom stereocenters. The van der Waals surface area contributed by atoms with E-state index in [-0.39, 0.29) is 11.8 Å². The zero-order valence-corrected chi connectivity index (χ0v) is 21.2. The van der Waals surface area contributed by atoms with E-state index >= 15 is 0 Å². The number of benzodiazepines with no additional fused rings is 1. The smallest absolute Gasteiger partial charge is 0.272 e. The highest BCUT2D eigenvalue weighted by Crippen LogP contribution is 2.27. The number of nitrogens with zero attached hydrogens (tertiary/aromatic N) is 2. The fourth-order valence-corrected chi connectivity index (χ4v) is 4.34. The first kappa shape index (κ1) is 25.8. The average Bonchev–Trinajstić information content (AvgIpc) is 3.03. The summed E-state index contributed by atoms with van der Waals surface area (Å²) in [5, 5.41) is 5.48. The summed E-state index contributed by atoms with van der Waals surface area (Å²) in [6, 6.07) is 26.4. The molecule has 7 nitrogen and oxygen atoms in total. The molecule has 0 fully saturated rings. The maximum Gasteiger partial charge on any atom is 0.272 e. The van der Waals surface area contributed by atoms with Gasteiger partial charge in [-0.25, -0.2) is 4.99 Å². The Morgan fingerprint density at radius 2 is 1.57 bits per heavy atom. The molecule has 2 atom stereocenters. The van der Waals surface area contributed by atoms with Gasteiger partial charge < -0.3 is 15.5 Å². The van der Waals surface area contributed by atoms with E-state index in [1.807, 2.05) is 72.8 Å². The Hall–Kier alpha value is -4.26. The Kier molecular flexibility index (Phi) is 8.46. The summed E-state index contributed by atoms with van der Waals surface area (Å²) < 4.78 is 0. The van der Waals surface area contributed by atoms with Gasteiger partial charge in [-0.15, -0.1) is 0 Å². The lowest BCUT2D eigenvalue weighted by Gasteiger charge is -2.22. The largest absolute Gasteiger partial charge is 0.345 e. The number of hydrogen-bond acceptors (Lipinski definition) is 4. The number of nitrogens with one attached hydrogen (secondary N) is 2. The van der Waals surface area contributed by atoms with Crippen molar-refractivity contribution >= 4 is 29.1 Å². The lowest BCUT2D eigenvalue weighted by atomic mass is 10.0. The number of benzene rings is 3. The zero-order valence-electron chi connectivity index (χ0n) is 21.2. The lowest BCUT2D eigenvalue weighted by molar-refractivity contribution is -0.130. The van der Waals surface area contributed by atoms with Crippen molar-refractivity contribution in [2.24, 2.45) is 4.99 Å². The summed E-state index contributed by atoms with van der Waals surface area (Å²) >= 11 is 0. The molecule has 0 spiro atoms. The van der Waals surface area contributed by atoms with Crippen molar-refractivity contribution < 1.29 is 14.4 Å². The number of amides is 3. The first-order valence-electron chi connectivity index (χ1n) is 12.6. The molecule has 7 heteroatoms. The molecule has 3 aromatic carbocycles. The molecule has 37 heavy (non-hydrogen) atoms. The first-order chi connectivity index (χ1) is 17.9. The van der Waals surface area contributed by atoms with Crippen LogP contribution in [0.15, 0.2) is 89.9 Å². The van der Waals surface area contributed by atoms with Gasteiger partial charge in [0, 0.05) is 24.6 Å². The molecule has 0 bridgehead atoms. The molecule has 1 aliphatic heterocycles. The van der Waals surface area contributed by atoms with Gasteiger partial charge in [0.15, 0.2) is 0 Å². The van der Waals surface area contributed by atoms with Crippen LogP contribution in [-0.4, -0.2) is 42.7 Å². The summed E-state index contributed by atoms with van der Waals surface area (Å²) in [4.78, 5) is 44.9. The highest BCUT2D eigenvalue weighted by molar-refractivity contribution is 6.20. The molecule has 0 saturated carbocycles. The van der Waals surface area contributed by atoms with Crippen LogP contribution in [0.5, 0.6) is 0 Å². The predicted molar refractivity (Wildman–Crippen MR) is 145 cm³/mol. The third-order valence-corrected chi connectivity index (χ3v) is 6.40. The number of likely N-dealkylation sites (N-methyl/N-ethyl adjacent to an activating group) is 1. The predicted octanol–water partition coefficient (Wildman–Crippen LogP) is 3.86. The number of aryl methyl sites for hydroxylation is 1. The number of hydrogen-bond donors (Lipinski definition) is 2. The fraction of sp³-hybridized carbons (Fsp3) is 0.267. The van der Waals surface area contributed by atoms with Crippen molar-refractivity contribution in [3.63, 3.8) is 0 Å². The molecule has 0 aromatic heterocycles. The van der Waals surface area contributed by atoms with Crippen LogP contribution in [-0.2, 0) is 20.8 Å². The van der Waals surface area contributed by atoms with Crippen molar-refractivity contribution in [2.75, 3.05) is 11.9 Å². The van der Waals surface area contributed by atoms with Crippen LogP contribution in [0.2, 0.25) is 0 Å². The third kappa shape index (κ3) is 6.50. The average molecular weight is 497 g/mol. The van der Waals surface area contributed by atoms with Gasteiger partial charge in [-0.3, -0.25) is 14.4 Å². The molecule has 3 amide bonds. The highest BCUT2D eigenvalue weighted by Gasteiger charge is 2.32. The van der Waals surface area contributed by atoms with Crippen LogP contribution < -0.4 is 15.5 Å². The van der Waals surface area contributed by atoms with Gasteiger partial charge >= 0.3 is 0 Å². The molecule has 0 saturated heterocycles. The monoisotopic (exact) mass is 496 g/mol. The Labute approximate surface area is 217 Å². The van der Waals surface area contributed by atoms with Crippen LogP contribution >= 0.6 is 0 Å². The quantitative estimate of drug-likeness (QED) is 0.441. The van der Waals surface area contributed by atoms with Gasteiger partial charge in [-0.1, -0.05) is 78.9 Å². The van der Waals surface area contributed by atoms with Crippen LogP contribution in [0.25, 0.3) is 0 Å². The summed E-state index contributed by atoms with van der Waals surface area (Å²) in [5.41, 5.74) is 4.22. The number of aliphatic imine (C=N–C) groups is 1. The third-order valence-electron chi connectivity index (χ3n) is 6.40. The number of carbonyl (C=O) groups is 3. The van der Waals surface area contributed by atoms with Gasteiger partial charge in [0.05, 0.1) is 11.4 Å². The van der Waals surface area contributed by atoms with Crippen molar-refractivity contribution in [3.05, 3.63) is 102 Å². The van der Waals surface area contributed by atoms with E-state index in [0.29, 0.717) is 17.8 Å². The fourth-order valence-electron chi connectivity index (χ4n) is 4.34. The lowest BCUT2D eigenvalue weighted by Crippen LogP contribution is -2.52. The van der Waals surface area contributed by atoms with Gasteiger partial charge in [0.25, 0.3) is 5.91 Å². The van der Waals surface area contributed by atoms with E-state index in [4.69, 9.17) is 4.99 Å². The van der Waals surface area contributed by atoms with Crippen LogP contribution in [0.3, 0.4) is 0 Å². The highest BCUT2D eigenvalue weighted by atomic mass is 16.2. The number of fused-ring (bicyclic) bond motifs is 1. The molecule has 1 heterocycles. The van der Waals surface area contributed by atoms with E-state index in [1.165, 1.54) is 10.5 Å². The van der Waals surface area contributed by atoms with Gasteiger partial charge in [0.1, 0.15) is 6.04 Å². The molecule has 3 aromatic rings. The maximum absolute atomic E-state index is 13.3. The minimum atomic E-state index is -1.12. The molecular weight excluding hydrogens is 464 g/mol. The molecular formula is C30H32N4O3. The van der Waals surface area contributed by atoms with Gasteiger partial charge in [0.2, 0.25) is 18.0 Å². The minimum Gasteiger partial charge on any atom is -0.345 e. The number of rotatable bonds is 9. The molecule has 0 radical (unpaired) electrons. The van der Waals surface area contributed by atoms with Gasteiger partial charge in [-0.2, -0.15) is 0 Å². The second-order valence-corrected chi connectivity index (χ2v) is 9.15. The zero-order chi connectivity index (χ0) is 26.2. The topological polar surface area (TPSA) is 90.9 Å². The van der Waals surface area contributed by atoms with E-state index in [1.54, 1.807) is 14.0 Å². The molecule has 4 rings (SSSR count). The molecule has 1 aliphatic rings. The standard InChI is InChI=1S/C30H32N4O3/c1-21(31-26(35)20-12-9-15-22-13-5-3-6-14-22)29(36)33-28-30(37)34(2)25-19-11-10-18-24(25)27(32-28)23-16-7-4-8-17-23/h3-8,10-11,13-14,16-19,21,28H,9,12,15,20H2,1-2H3,(H,31,35)(H,33,36)/t21-,28+/m0/s1. The number of anilines is 1. The summed E-state index contributed by atoms with van der Waals surface area (Å²) in [7, 11) is 1.67. The van der Waals surface area contributed by atoms with Crippen molar-refractivity contribution in [1.82, 2.24) is 10.6 Å². The van der Waals surface area contributed by atoms with E-state index in [0.717, 1.165) is 30.4 Å². The number of para-hydroxylation sites is 1. The summed E-state index contributed by atoms with van der Waals surface area (Å²) in [5.74, 6) is -1.02. The minimum absolute atomic E-state index is 0.194. The van der Waals surface area contributed by atoms with E-state index in [2.05, 4.69) is 22.8 Å². The second-order valence-electron chi connectivity index (χ2n) is 9.15. The van der Waals surface area contributed by atoms with Crippen LogP contribution in [0.1, 0.15) is 42.9 Å². The molecule has 190 valence electrons. The Bertz CT molecular complexity index is 1270. The normalized spacial score (nSPS) is 15.7. The molecule has 2 N–H and O–H groups in total. The summed E-state index contributed by atoms with van der Waals surface area (Å²) in [6.45, 7) is 1.61. The van der Waals surface area contributed by atoms with E-state index in [9.17, 15) is 14.4 Å². The molecule has 0 aliphatic carbocycles. The maximum atomic E-state index is 13.3. The first-order valence-corrected chi connectivity index (χ1v) is 12.6. The summed E-state index contributed by atoms with van der Waals surface area (Å²) in [6.07, 6.45) is 1.74. The van der Waals surface area contributed by atoms with Gasteiger partial charge in [-0.05, 0) is 37.8 Å². The van der Waals surface area contributed by atoms with Crippen molar-refractivity contribution in [2.45, 2.75) is 44.8 Å². The number of unbranched alkanes of at least 4 members (excludes halogenated alkanes) is 1. The Morgan fingerprint density at radius 1 is 0.919 bits per heavy atom. The Morgan fingerprint density at radius 3 is 2.30 bits per heavy atom. The van der Waals surface area contributed by atoms with Crippen molar-refractivity contribution in [1.29, 1.82) is 0 Å². The SMILES string of the molecule is C[C@H](NC(=O)CCCCc1ccccc1)C(=O)N[C@H]1N=C(c2ccccc2)c2ccccc2N(C)C1=O. The van der Waals surface area contributed by atoms with Crippen LogP contribution in [0.4, 0.5) is 5.69 Å². The Balaban J connectivity index is 1.40.